The molecule has 80 valence electrons. The zero-order valence-corrected chi connectivity index (χ0v) is 8.27. The molecule has 3 atom stereocenters. The number of nitrogens with zero attached hydrogens (tertiary/aromatic N) is 1. The Morgan fingerprint density at radius 1 is 1.64 bits per heavy atom. The van der Waals surface area contributed by atoms with Crippen LogP contribution in [-0.2, 0) is 4.74 Å². The summed E-state index contributed by atoms with van der Waals surface area (Å²) in [6.45, 7) is 4.01. The Hall–Kier alpha value is -0.810. The monoisotopic (exact) mass is 200 g/mol. The van der Waals surface area contributed by atoms with Crippen molar-refractivity contribution in [3.63, 3.8) is 0 Å². The average Bonchev–Trinajstić information content (AvgIpc) is 2.63. The second kappa shape index (κ2) is 3.74. The molecule has 0 aromatic heterocycles. The minimum atomic E-state index is -0.828. The van der Waals surface area contributed by atoms with Crippen molar-refractivity contribution in [2.24, 2.45) is 0 Å². The fourth-order valence-electron chi connectivity index (χ4n) is 2.18. The van der Waals surface area contributed by atoms with Crippen LogP contribution in [0, 0.1) is 0 Å². The lowest BCUT2D eigenvalue weighted by atomic mass is 10.1. The van der Waals surface area contributed by atoms with Crippen molar-refractivity contribution < 1.29 is 14.6 Å². The lowest BCUT2D eigenvalue weighted by Crippen LogP contribution is -2.56. The number of fused-ring (bicyclic) bond motifs is 1. The first kappa shape index (κ1) is 9.73. The molecule has 3 unspecified atom stereocenters. The van der Waals surface area contributed by atoms with Crippen molar-refractivity contribution in [1.82, 2.24) is 10.2 Å². The van der Waals surface area contributed by atoms with Crippen molar-refractivity contribution in [3.05, 3.63) is 0 Å². The maximum Gasteiger partial charge on any atom is 0.407 e. The molecule has 2 saturated heterocycles. The summed E-state index contributed by atoms with van der Waals surface area (Å²) in [5, 5.41) is 12.2. The molecule has 0 bridgehead atoms. The lowest BCUT2D eigenvalue weighted by Gasteiger charge is -2.39. The minimum Gasteiger partial charge on any atom is -0.465 e. The van der Waals surface area contributed by atoms with Crippen molar-refractivity contribution in [2.75, 3.05) is 19.6 Å². The van der Waals surface area contributed by atoms with E-state index in [9.17, 15) is 4.79 Å². The van der Waals surface area contributed by atoms with E-state index in [4.69, 9.17) is 9.84 Å². The summed E-state index contributed by atoms with van der Waals surface area (Å²) in [5.74, 6) is 0. The van der Waals surface area contributed by atoms with Crippen molar-refractivity contribution in [1.29, 1.82) is 0 Å². The average molecular weight is 200 g/mol. The van der Waals surface area contributed by atoms with Gasteiger partial charge in [0.1, 0.15) is 0 Å². The van der Waals surface area contributed by atoms with Gasteiger partial charge in [-0.1, -0.05) is 6.92 Å². The number of morpholine rings is 1. The number of amides is 1. The van der Waals surface area contributed by atoms with E-state index in [1.165, 1.54) is 4.90 Å². The molecule has 2 N–H and O–H groups in total. The highest BCUT2D eigenvalue weighted by Gasteiger charge is 2.41. The van der Waals surface area contributed by atoms with E-state index in [1.54, 1.807) is 0 Å². The van der Waals surface area contributed by atoms with Crippen LogP contribution in [0.2, 0.25) is 0 Å². The number of rotatable bonds is 1. The number of carbonyl (C=O) groups is 1. The Labute approximate surface area is 83.0 Å². The van der Waals surface area contributed by atoms with Gasteiger partial charge in [0.25, 0.3) is 0 Å². The number of ether oxygens (including phenoxy) is 1. The third-order valence-electron chi connectivity index (χ3n) is 3.00. The molecule has 0 radical (unpaired) electrons. The molecule has 2 rings (SSSR count). The first-order valence-corrected chi connectivity index (χ1v) is 5.08. The number of nitrogens with one attached hydrogen (secondary N) is 1. The molecule has 0 aliphatic carbocycles. The van der Waals surface area contributed by atoms with Crippen molar-refractivity contribution >= 4 is 6.09 Å². The number of hydrogen-bond acceptors (Lipinski definition) is 3. The molecule has 0 aromatic carbocycles. The Balaban J connectivity index is 2.10. The van der Waals surface area contributed by atoms with Gasteiger partial charge in [0.05, 0.1) is 24.8 Å². The molecule has 1 amide bonds. The summed E-state index contributed by atoms with van der Waals surface area (Å²) in [7, 11) is 0. The van der Waals surface area contributed by atoms with Gasteiger partial charge in [-0.15, -0.1) is 0 Å². The molecule has 14 heavy (non-hydrogen) atoms. The smallest absolute Gasteiger partial charge is 0.407 e. The van der Waals surface area contributed by atoms with Gasteiger partial charge in [-0.3, -0.25) is 4.90 Å². The summed E-state index contributed by atoms with van der Waals surface area (Å²) in [5.41, 5.74) is 0. The van der Waals surface area contributed by atoms with E-state index in [-0.39, 0.29) is 18.2 Å². The van der Waals surface area contributed by atoms with Crippen LogP contribution >= 0.6 is 0 Å². The summed E-state index contributed by atoms with van der Waals surface area (Å²) in [6, 6.07) is 0.00954. The van der Waals surface area contributed by atoms with Crippen LogP contribution in [-0.4, -0.2) is 54.0 Å². The van der Waals surface area contributed by atoms with E-state index < -0.39 is 6.09 Å². The summed E-state index contributed by atoms with van der Waals surface area (Å²) < 4.78 is 5.77. The van der Waals surface area contributed by atoms with E-state index in [2.05, 4.69) is 5.32 Å². The van der Waals surface area contributed by atoms with Crippen LogP contribution in [0.15, 0.2) is 0 Å². The molecule has 2 fully saturated rings. The minimum absolute atomic E-state index is 0.00954. The summed E-state index contributed by atoms with van der Waals surface area (Å²) >= 11 is 0. The number of carboxylic acid groups (broad SMARTS) is 1. The molecule has 2 aliphatic rings. The maximum absolute atomic E-state index is 11.0. The lowest BCUT2D eigenvalue weighted by molar-refractivity contribution is -0.0909. The van der Waals surface area contributed by atoms with Crippen LogP contribution < -0.4 is 5.32 Å². The SMILES string of the molecule is CCC1CN(C(=O)O)C2CNCC2O1. The van der Waals surface area contributed by atoms with Crippen molar-refractivity contribution in [2.45, 2.75) is 31.6 Å². The molecule has 0 saturated carbocycles. The zero-order chi connectivity index (χ0) is 10.1. The standard InChI is InChI=1S/C9H16N2O3/c1-2-6-5-11(9(12)13)7-3-10-4-8(7)14-6/h6-8,10H,2-5H2,1H3,(H,12,13). The highest BCUT2D eigenvalue weighted by Crippen LogP contribution is 2.22. The molecule has 2 heterocycles. The largest absolute Gasteiger partial charge is 0.465 e. The van der Waals surface area contributed by atoms with Crippen LogP contribution in [0.1, 0.15) is 13.3 Å². The highest BCUT2D eigenvalue weighted by molar-refractivity contribution is 5.66. The zero-order valence-electron chi connectivity index (χ0n) is 8.27. The Kier molecular flexibility index (Phi) is 2.60. The third-order valence-corrected chi connectivity index (χ3v) is 3.00. The van der Waals surface area contributed by atoms with Gasteiger partial charge in [0.15, 0.2) is 0 Å². The van der Waals surface area contributed by atoms with Gasteiger partial charge in [0, 0.05) is 13.1 Å². The number of hydrogen-bond donors (Lipinski definition) is 2. The Morgan fingerprint density at radius 3 is 3.07 bits per heavy atom. The molecule has 0 aromatic rings. The second-order valence-electron chi connectivity index (χ2n) is 3.87. The topological polar surface area (TPSA) is 61.8 Å². The third kappa shape index (κ3) is 1.57. The van der Waals surface area contributed by atoms with Crippen LogP contribution in [0.4, 0.5) is 4.79 Å². The predicted octanol–water partition coefficient (Wildman–Crippen LogP) is 0.116. The van der Waals surface area contributed by atoms with E-state index in [0.717, 1.165) is 13.0 Å². The molecule has 5 heteroatoms. The molecular weight excluding hydrogens is 184 g/mol. The normalized spacial score (nSPS) is 36.9. The molecule has 2 aliphatic heterocycles. The predicted molar refractivity (Wildman–Crippen MR) is 50.3 cm³/mol. The Morgan fingerprint density at radius 2 is 2.43 bits per heavy atom. The van der Waals surface area contributed by atoms with Gasteiger partial charge in [-0.2, -0.15) is 0 Å². The van der Waals surface area contributed by atoms with Crippen LogP contribution in [0.5, 0.6) is 0 Å². The maximum atomic E-state index is 11.0. The fraction of sp³-hybridized carbons (Fsp3) is 0.889. The van der Waals surface area contributed by atoms with E-state index in [0.29, 0.717) is 13.1 Å². The highest BCUT2D eigenvalue weighted by atomic mass is 16.5. The summed E-state index contributed by atoms with van der Waals surface area (Å²) in [4.78, 5) is 12.5. The van der Waals surface area contributed by atoms with Crippen LogP contribution in [0.3, 0.4) is 0 Å². The van der Waals surface area contributed by atoms with Crippen molar-refractivity contribution in [3.8, 4) is 0 Å². The van der Waals surface area contributed by atoms with Gasteiger partial charge >= 0.3 is 6.09 Å². The van der Waals surface area contributed by atoms with Crippen LogP contribution in [0.25, 0.3) is 0 Å². The molecule has 0 spiro atoms. The second-order valence-corrected chi connectivity index (χ2v) is 3.87. The van der Waals surface area contributed by atoms with E-state index in [1.807, 2.05) is 6.92 Å². The fourth-order valence-corrected chi connectivity index (χ4v) is 2.18. The van der Waals surface area contributed by atoms with E-state index >= 15 is 0 Å². The first-order valence-electron chi connectivity index (χ1n) is 5.08. The quantitative estimate of drug-likeness (QED) is 0.631. The summed E-state index contributed by atoms with van der Waals surface area (Å²) in [6.07, 6.45) is 0.148. The van der Waals surface area contributed by atoms with Gasteiger partial charge < -0.3 is 15.2 Å². The van der Waals surface area contributed by atoms with Gasteiger partial charge in [-0.25, -0.2) is 4.79 Å². The molecule has 5 nitrogen and oxygen atoms in total. The van der Waals surface area contributed by atoms with Gasteiger partial charge in [-0.05, 0) is 6.42 Å². The Bertz CT molecular complexity index is 234. The molecular formula is C9H16N2O3. The first-order chi connectivity index (χ1) is 6.72. The van der Waals surface area contributed by atoms with Gasteiger partial charge in [0.2, 0.25) is 0 Å².